The van der Waals surface area contributed by atoms with Crippen LogP contribution in [0.3, 0.4) is 0 Å². The molecule has 5 rings (SSSR count). The molecule has 0 bridgehead atoms. The molecule has 4 atom stereocenters. The summed E-state index contributed by atoms with van der Waals surface area (Å²) in [6.45, 7) is 5.39. The molecule has 0 aromatic heterocycles. The number of carbonyl (C=O) groups is 3. The normalized spacial score (nSPS) is 26.7. The summed E-state index contributed by atoms with van der Waals surface area (Å²) in [4.78, 5) is 41.7. The molecule has 0 saturated carbocycles. The fraction of sp³-hybridized carbons (Fsp3) is 0.333. The summed E-state index contributed by atoms with van der Waals surface area (Å²) in [6.07, 6.45) is 1.68. The zero-order valence-corrected chi connectivity index (χ0v) is 17.4. The van der Waals surface area contributed by atoms with Crippen LogP contribution in [0.5, 0.6) is 0 Å². The first-order chi connectivity index (χ1) is 14.7. The number of imide groups is 1. The van der Waals surface area contributed by atoms with E-state index >= 15 is 0 Å². The molecule has 0 spiro atoms. The first kappa shape index (κ1) is 19.6. The quantitative estimate of drug-likeness (QED) is 0.701. The Bertz CT molecular complexity index is 1150. The molecule has 31 heavy (non-hydrogen) atoms. The van der Waals surface area contributed by atoms with Crippen LogP contribution >= 0.6 is 0 Å². The lowest BCUT2D eigenvalue weighted by Gasteiger charge is -2.35. The number of Topliss-reactive ketones (excluding diaryl/α,β-unsaturated/α-hetero) is 1. The number of rotatable bonds is 2. The lowest BCUT2D eigenvalue weighted by molar-refractivity contribution is -0.136. The summed E-state index contributed by atoms with van der Waals surface area (Å²) in [5.41, 5.74) is 1.17. The van der Waals surface area contributed by atoms with Gasteiger partial charge in [0.1, 0.15) is 11.9 Å². The molecule has 3 aliphatic rings. The third-order valence-electron chi connectivity index (χ3n) is 6.37. The van der Waals surface area contributed by atoms with Gasteiger partial charge in [-0.3, -0.25) is 19.4 Å². The van der Waals surface area contributed by atoms with Crippen LogP contribution in [0.2, 0.25) is 0 Å². The first-order valence-corrected chi connectivity index (χ1v) is 10.3. The minimum Gasteiger partial charge on any atom is -0.297 e. The Hall–Kier alpha value is -3.35. The summed E-state index contributed by atoms with van der Waals surface area (Å²) >= 11 is 0. The Morgan fingerprint density at radius 1 is 1.00 bits per heavy atom. The fourth-order valence-corrected chi connectivity index (χ4v) is 4.98. The van der Waals surface area contributed by atoms with Gasteiger partial charge in [-0.2, -0.15) is 5.10 Å². The second kappa shape index (κ2) is 6.57. The molecule has 0 radical (unpaired) electrons. The number of hydrazone groups is 1. The maximum Gasteiger partial charge on any atom is 0.240 e. The molecule has 2 saturated heterocycles. The van der Waals surface area contributed by atoms with E-state index in [9.17, 15) is 18.8 Å². The third kappa shape index (κ3) is 2.76. The van der Waals surface area contributed by atoms with Gasteiger partial charge < -0.3 is 0 Å². The standard InChI is InChI=1S/C24H22FN3O3/c1-24(2,3)21(29)20-18-17(19-16-10-5-4-7-13(16)12-26-28(19)20)22(30)27(23(18)31)15-9-6-8-14(25)11-15/h4-12,17-20H,1-3H3/t17-,18+,19+,20-/m1/s1. The lowest BCUT2D eigenvalue weighted by atomic mass is 9.79. The first-order valence-electron chi connectivity index (χ1n) is 10.3. The Morgan fingerprint density at radius 3 is 2.42 bits per heavy atom. The number of hydrogen-bond donors (Lipinski definition) is 0. The molecule has 6 nitrogen and oxygen atoms in total. The van der Waals surface area contributed by atoms with E-state index in [-0.39, 0.29) is 11.5 Å². The number of amides is 2. The van der Waals surface area contributed by atoms with Gasteiger partial charge in [-0.05, 0) is 29.3 Å². The highest BCUT2D eigenvalue weighted by molar-refractivity contribution is 6.24. The van der Waals surface area contributed by atoms with Gasteiger partial charge >= 0.3 is 0 Å². The summed E-state index contributed by atoms with van der Waals surface area (Å²) in [5, 5.41) is 6.16. The van der Waals surface area contributed by atoms with Crippen LogP contribution in [0.25, 0.3) is 0 Å². The van der Waals surface area contributed by atoms with Crippen molar-refractivity contribution >= 4 is 29.5 Å². The van der Waals surface area contributed by atoms with Crippen molar-refractivity contribution in [3.05, 3.63) is 65.5 Å². The maximum absolute atomic E-state index is 13.9. The lowest BCUT2D eigenvalue weighted by Crippen LogP contribution is -2.48. The summed E-state index contributed by atoms with van der Waals surface area (Å²) < 4.78 is 13.9. The van der Waals surface area contributed by atoms with Gasteiger partial charge in [0.05, 0.1) is 29.8 Å². The smallest absolute Gasteiger partial charge is 0.240 e. The minimum absolute atomic E-state index is 0.149. The van der Waals surface area contributed by atoms with Gasteiger partial charge in [-0.25, -0.2) is 9.29 Å². The Labute approximate surface area is 179 Å². The van der Waals surface area contributed by atoms with Crippen molar-refractivity contribution in [1.82, 2.24) is 5.01 Å². The molecule has 0 N–H and O–H groups in total. The van der Waals surface area contributed by atoms with E-state index in [0.29, 0.717) is 0 Å². The van der Waals surface area contributed by atoms with Gasteiger partial charge in [-0.1, -0.05) is 51.1 Å². The predicted octanol–water partition coefficient (Wildman–Crippen LogP) is 3.32. The highest BCUT2D eigenvalue weighted by Crippen LogP contribution is 2.53. The average molecular weight is 419 g/mol. The van der Waals surface area contributed by atoms with Crippen LogP contribution in [0.1, 0.15) is 37.9 Å². The van der Waals surface area contributed by atoms with E-state index in [1.54, 1.807) is 32.0 Å². The van der Waals surface area contributed by atoms with E-state index in [2.05, 4.69) is 5.10 Å². The van der Waals surface area contributed by atoms with E-state index < -0.39 is 47.0 Å². The number of benzene rings is 2. The van der Waals surface area contributed by atoms with Crippen LogP contribution in [0, 0.1) is 23.1 Å². The number of hydrogen-bond acceptors (Lipinski definition) is 5. The van der Waals surface area contributed by atoms with Crippen molar-refractivity contribution in [2.75, 3.05) is 4.90 Å². The molecule has 0 unspecified atom stereocenters. The van der Waals surface area contributed by atoms with Crippen molar-refractivity contribution in [2.45, 2.75) is 32.9 Å². The number of ketones is 1. The number of anilines is 1. The average Bonchev–Trinajstić information content (AvgIpc) is 3.19. The van der Waals surface area contributed by atoms with Crippen LogP contribution in [0.4, 0.5) is 10.1 Å². The SMILES string of the molecule is CC(C)(C)C(=O)[C@H]1[C@H]2C(=O)N(c3cccc(F)c3)C(=O)[C@H]2[C@@H]2c3ccccc3C=NN12. The highest BCUT2D eigenvalue weighted by atomic mass is 19.1. The molecule has 2 amide bonds. The van der Waals surface area contributed by atoms with Gasteiger partial charge in [-0.15, -0.1) is 0 Å². The molecule has 2 aromatic rings. The summed E-state index contributed by atoms with van der Waals surface area (Å²) in [6, 6.07) is 11.6. The molecular weight excluding hydrogens is 397 g/mol. The molecule has 158 valence electrons. The van der Waals surface area contributed by atoms with Gasteiger partial charge in [0.25, 0.3) is 0 Å². The van der Waals surface area contributed by atoms with Gasteiger partial charge in [0.2, 0.25) is 11.8 Å². The van der Waals surface area contributed by atoms with Crippen molar-refractivity contribution in [2.24, 2.45) is 22.4 Å². The number of carbonyl (C=O) groups excluding carboxylic acids is 3. The topological polar surface area (TPSA) is 70.0 Å². The third-order valence-corrected chi connectivity index (χ3v) is 6.37. The molecule has 3 heterocycles. The number of fused-ring (bicyclic) bond motifs is 5. The molecule has 7 heteroatoms. The molecule has 3 aliphatic heterocycles. The minimum atomic E-state index is -0.879. The summed E-state index contributed by atoms with van der Waals surface area (Å²) in [7, 11) is 0. The zero-order chi connectivity index (χ0) is 22.1. The van der Waals surface area contributed by atoms with Crippen molar-refractivity contribution < 1.29 is 18.8 Å². The molecular formula is C24H22FN3O3. The second-order valence-corrected chi connectivity index (χ2v) is 9.30. The van der Waals surface area contributed by atoms with Crippen LogP contribution in [-0.4, -0.2) is 34.9 Å². The van der Waals surface area contributed by atoms with Crippen LogP contribution < -0.4 is 4.90 Å². The fourth-order valence-electron chi connectivity index (χ4n) is 4.98. The maximum atomic E-state index is 13.9. The van der Waals surface area contributed by atoms with E-state index in [4.69, 9.17) is 0 Å². The Morgan fingerprint density at radius 2 is 1.71 bits per heavy atom. The van der Waals surface area contributed by atoms with E-state index in [1.807, 2.05) is 24.3 Å². The Kier molecular flexibility index (Phi) is 4.16. The molecule has 2 aromatic carbocycles. The van der Waals surface area contributed by atoms with Gasteiger partial charge in [0.15, 0.2) is 5.78 Å². The van der Waals surface area contributed by atoms with Crippen LogP contribution in [0.15, 0.2) is 53.6 Å². The largest absolute Gasteiger partial charge is 0.297 e. The molecule has 2 fully saturated rings. The number of nitrogens with zero attached hydrogens (tertiary/aromatic N) is 3. The highest BCUT2D eigenvalue weighted by Gasteiger charge is 2.66. The van der Waals surface area contributed by atoms with Gasteiger partial charge in [0, 0.05) is 5.41 Å². The Balaban J connectivity index is 1.67. The van der Waals surface area contributed by atoms with Crippen molar-refractivity contribution in [3.63, 3.8) is 0 Å². The van der Waals surface area contributed by atoms with E-state index in [0.717, 1.165) is 16.0 Å². The second-order valence-electron chi connectivity index (χ2n) is 9.30. The van der Waals surface area contributed by atoms with Crippen molar-refractivity contribution in [3.8, 4) is 0 Å². The van der Waals surface area contributed by atoms with Crippen LogP contribution in [-0.2, 0) is 14.4 Å². The zero-order valence-electron chi connectivity index (χ0n) is 17.4. The monoisotopic (exact) mass is 419 g/mol. The van der Waals surface area contributed by atoms with E-state index in [1.165, 1.54) is 24.3 Å². The predicted molar refractivity (Wildman–Crippen MR) is 113 cm³/mol. The summed E-state index contributed by atoms with van der Waals surface area (Å²) in [5.74, 6) is -3.24. The number of halogens is 1. The molecule has 0 aliphatic carbocycles. The van der Waals surface area contributed by atoms with Crippen molar-refractivity contribution in [1.29, 1.82) is 0 Å².